The molecule has 0 bridgehead atoms. The van der Waals surface area contributed by atoms with E-state index in [0.717, 1.165) is 18.2 Å². The molecular formula is C12H12F5NO. The largest absolute Gasteiger partial charge is 0.496 e. The number of hydrogen-bond acceptors (Lipinski definition) is 2. The normalized spacial score (nSPS) is 20.8. The van der Waals surface area contributed by atoms with Crippen LogP contribution in [-0.4, -0.2) is 13.0 Å². The van der Waals surface area contributed by atoms with Gasteiger partial charge < -0.3 is 10.5 Å². The first-order valence-corrected chi connectivity index (χ1v) is 5.50. The minimum atomic E-state index is -4.55. The predicted molar refractivity (Wildman–Crippen MR) is 58.0 cm³/mol. The second kappa shape index (κ2) is 4.06. The fraction of sp³-hybridized carbons (Fsp3) is 0.500. The van der Waals surface area contributed by atoms with E-state index in [9.17, 15) is 22.0 Å². The molecule has 1 aromatic carbocycles. The number of benzene rings is 1. The Balaban J connectivity index is 2.44. The van der Waals surface area contributed by atoms with E-state index in [1.54, 1.807) is 0 Å². The zero-order chi connectivity index (χ0) is 14.5. The van der Waals surface area contributed by atoms with Gasteiger partial charge in [0.1, 0.15) is 5.75 Å². The highest BCUT2D eigenvalue weighted by Gasteiger charge is 2.56. The minimum absolute atomic E-state index is 0.0317. The molecule has 0 amide bonds. The quantitative estimate of drug-likeness (QED) is 0.844. The summed E-state index contributed by atoms with van der Waals surface area (Å²) in [5.74, 6) is -2.85. The molecule has 2 nitrogen and oxygen atoms in total. The fourth-order valence-corrected chi connectivity index (χ4v) is 2.34. The van der Waals surface area contributed by atoms with Crippen molar-refractivity contribution >= 4 is 0 Å². The molecule has 0 radical (unpaired) electrons. The third-order valence-electron chi connectivity index (χ3n) is 3.21. The highest BCUT2D eigenvalue weighted by Crippen LogP contribution is 2.52. The van der Waals surface area contributed by atoms with E-state index in [0.29, 0.717) is 0 Å². The van der Waals surface area contributed by atoms with Crippen LogP contribution < -0.4 is 10.5 Å². The number of methoxy groups -OCH3 is 1. The smallest absolute Gasteiger partial charge is 0.416 e. The third-order valence-corrected chi connectivity index (χ3v) is 3.21. The molecule has 2 N–H and O–H groups in total. The van der Waals surface area contributed by atoms with Gasteiger partial charge in [0.2, 0.25) is 0 Å². The molecule has 0 aromatic heterocycles. The second-order valence-electron chi connectivity index (χ2n) is 4.78. The van der Waals surface area contributed by atoms with E-state index in [2.05, 4.69) is 0 Å². The fourth-order valence-electron chi connectivity index (χ4n) is 2.34. The van der Waals surface area contributed by atoms with Gasteiger partial charge in [0, 0.05) is 18.4 Å². The zero-order valence-electron chi connectivity index (χ0n) is 10.0. The maximum atomic E-state index is 12.9. The van der Waals surface area contributed by atoms with Crippen LogP contribution >= 0.6 is 0 Å². The van der Waals surface area contributed by atoms with E-state index in [4.69, 9.17) is 10.5 Å². The van der Waals surface area contributed by atoms with Crippen molar-refractivity contribution in [1.82, 2.24) is 0 Å². The van der Waals surface area contributed by atoms with Crippen molar-refractivity contribution < 1.29 is 26.7 Å². The average Bonchev–Trinajstić information content (AvgIpc) is 2.24. The van der Waals surface area contributed by atoms with E-state index in [1.165, 1.54) is 7.11 Å². The summed E-state index contributed by atoms with van der Waals surface area (Å²) in [6.07, 6.45) is -5.92. The van der Waals surface area contributed by atoms with Gasteiger partial charge in [0.25, 0.3) is 5.92 Å². The Bertz CT molecular complexity index is 489. The maximum absolute atomic E-state index is 12.9. The monoisotopic (exact) mass is 281 g/mol. The van der Waals surface area contributed by atoms with Gasteiger partial charge in [-0.2, -0.15) is 13.2 Å². The molecule has 0 atom stereocenters. The van der Waals surface area contributed by atoms with Crippen LogP contribution in [-0.2, 0) is 11.7 Å². The lowest BCUT2D eigenvalue weighted by atomic mass is 9.69. The molecule has 19 heavy (non-hydrogen) atoms. The first kappa shape index (κ1) is 14.0. The van der Waals surface area contributed by atoms with Crippen LogP contribution in [0.1, 0.15) is 24.0 Å². The Morgan fingerprint density at radius 2 is 1.79 bits per heavy atom. The van der Waals surface area contributed by atoms with Crippen molar-refractivity contribution in [1.29, 1.82) is 0 Å². The van der Waals surface area contributed by atoms with Gasteiger partial charge >= 0.3 is 6.18 Å². The van der Waals surface area contributed by atoms with Crippen molar-refractivity contribution in [2.75, 3.05) is 7.11 Å². The standard InChI is InChI=1S/C12H12F5NO/c1-19-9-3-2-7(12(15,16)17)4-8(9)10(18)5-11(13,14)6-10/h2-4H,5-6,18H2,1H3. The van der Waals surface area contributed by atoms with Gasteiger partial charge in [0.15, 0.2) is 0 Å². The second-order valence-corrected chi connectivity index (χ2v) is 4.78. The van der Waals surface area contributed by atoms with Gasteiger partial charge in [-0.1, -0.05) is 0 Å². The molecule has 1 aliphatic carbocycles. The maximum Gasteiger partial charge on any atom is 0.416 e. The van der Waals surface area contributed by atoms with Gasteiger partial charge in [-0.15, -0.1) is 0 Å². The van der Waals surface area contributed by atoms with Crippen LogP contribution in [0, 0.1) is 0 Å². The van der Waals surface area contributed by atoms with Gasteiger partial charge in [0.05, 0.1) is 18.2 Å². The molecule has 0 spiro atoms. The van der Waals surface area contributed by atoms with Gasteiger partial charge in [-0.3, -0.25) is 0 Å². The summed E-state index contributed by atoms with van der Waals surface area (Å²) in [4.78, 5) is 0. The van der Waals surface area contributed by atoms with Crippen LogP contribution in [0.3, 0.4) is 0 Å². The Morgan fingerprint density at radius 1 is 1.21 bits per heavy atom. The SMILES string of the molecule is COc1ccc(C(F)(F)F)cc1C1(N)CC(F)(F)C1. The van der Waals surface area contributed by atoms with Gasteiger partial charge in [-0.05, 0) is 18.2 Å². The number of ether oxygens (including phenoxy) is 1. The number of halogens is 5. The molecule has 0 aliphatic heterocycles. The Hall–Kier alpha value is -1.37. The highest BCUT2D eigenvalue weighted by atomic mass is 19.4. The molecule has 0 unspecified atom stereocenters. The van der Waals surface area contributed by atoms with E-state index >= 15 is 0 Å². The van der Waals surface area contributed by atoms with Crippen LogP contribution in [0.15, 0.2) is 18.2 Å². The van der Waals surface area contributed by atoms with Crippen LogP contribution in [0.5, 0.6) is 5.75 Å². The molecule has 2 rings (SSSR count). The minimum Gasteiger partial charge on any atom is -0.496 e. The van der Waals surface area contributed by atoms with Crippen molar-refractivity contribution in [3.8, 4) is 5.75 Å². The molecule has 1 saturated carbocycles. The lowest BCUT2D eigenvalue weighted by molar-refractivity contribution is -0.138. The summed E-state index contributed by atoms with van der Waals surface area (Å²) < 4.78 is 68.7. The topological polar surface area (TPSA) is 35.2 Å². The number of nitrogens with two attached hydrogens (primary N) is 1. The van der Waals surface area contributed by atoms with Crippen LogP contribution in [0.25, 0.3) is 0 Å². The molecule has 0 saturated heterocycles. The molecular weight excluding hydrogens is 269 g/mol. The molecule has 106 valence electrons. The Morgan fingerprint density at radius 3 is 2.21 bits per heavy atom. The number of hydrogen-bond donors (Lipinski definition) is 1. The molecule has 1 aliphatic rings. The molecule has 1 fully saturated rings. The zero-order valence-corrected chi connectivity index (χ0v) is 10.0. The molecule has 0 heterocycles. The predicted octanol–water partition coefficient (Wildman–Crippen LogP) is 3.30. The van der Waals surface area contributed by atoms with Crippen molar-refractivity contribution in [2.45, 2.75) is 30.5 Å². The molecule has 1 aromatic rings. The summed E-state index contributed by atoms with van der Waals surface area (Å²) in [6.45, 7) is 0. The van der Waals surface area contributed by atoms with Crippen molar-refractivity contribution in [3.63, 3.8) is 0 Å². The van der Waals surface area contributed by atoms with Crippen molar-refractivity contribution in [2.24, 2.45) is 5.73 Å². The summed E-state index contributed by atoms with van der Waals surface area (Å²) >= 11 is 0. The molecule has 7 heteroatoms. The third kappa shape index (κ3) is 2.51. The lowest BCUT2D eigenvalue weighted by Crippen LogP contribution is -2.55. The first-order valence-electron chi connectivity index (χ1n) is 5.50. The van der Waals surface area contributed by atoms with E-state index < -0.39 is 36.0 Å². The highest BCUT2D eigenvalue weighted by molar-refractivity contribution is 5.44. The number of rotatable bonds is 2. The Kier molecular flexibility index (Phi) is 3.00. The van der Waals surface area contributed by atoms with Crippen LogP contribution in [0.2, 0.25) is 0 Å². The van der Waals surface area contributed by atoms with Crippen molar-refractivity contribution in [3.05, 3.63) is 29.3 Å². The van der Waals surface area contributed by atoms with E-state index in [1.807, 2.05) is 0 Å². The summed E-state index contributed by atoms with van der Waals surface area (Å²) in [5, 5.41) is 0. The average molecular weight is 281 g/mol. The summed E-state index contributed by atoms with van der Waals surface area (Å²) in [7, 11) is 1.26. The van der Waals surface area contributed by atoms with E-state index in [-0.39, 0.29) is 11.3 Å². The summed E-state index contributed by atoms with van der Waals surface area (Å²) in [6, 6.07) is 2.72. The lowest BCUT2D eigenvalue weighted by Gasteiger charge is -2.45. The Labute approximate surface area is 106 Å². The first-order chi connectivity index (χ1) is 8.57. The van der Waals surface area contributed by atoms with Gasteiger partial charge in [-0.25, -0.2) is 8.78 Å². The summed E-state index contributed by atoms with van der Waals surface area (Å²) in [5.41, 5.74) is 3.33. The number of alkyl halides is 5. The van der Waals surface area contributed by atoms with Crippen LogP contribution in [0.4, 0.5) is 22.0 Å².